The molecule has 3 heterocycles. The Morgan fingerprint density at radius 2 is 2.03 bits per heavy atom. The predicted octanol–water partition coefficient (Wildman–Crippen LogP) is 3.15. The van der Waals surface area contributed by atoms with E-state index in [4.69, 9.17) is 9.15 Å². The first-order valence-electron chi connectivity index (χ1n) is 11.8. The number of aromatic amines is 1. The van der Waals surface area contributed by atoms with E-state index in [1.165, 1.54) is 32.1 Å². The van der Waals surface area contributed by atoms with Gasteiger partial charge in [-0.2, -0.15) is 0 Å². The lowest BCUT2D eigenvalue weighted by Gasteiger charge is -2.19. The van der Waals surface area contributed by atoms with E-state index >= 15 is 0 Å². The Morgan fingerprint density at radius 3 is 2.79 bits per heavy atom. The molecular formula is C24H28N6O4. The number of aromatic nitrogens is 5. The van der Waals surface area contributed by atoms with E-state index in [-0.39, 0.29) is 18.2 Å². The molecule has 2 aliphatic rings. The van der Waals surface area contributed by atoms with Crippen LogP contribution in [0.2, 0.25) is 0 Å². The molecule has 2 atom stereocenters. The first kappa shape index (κ1) is 22.2. The van der Waals surface area contributed by atoms with Crippen molar-refractivity contribution in [2.24, 2.45) is 5.92 Å². The summed E-state index contributed by atoms with van der Waals surface area (Å²) in [6.45, 7) is 3.54. The van der Waals surface area contributed by atoms with Gasteiger partial charge in [-0.15, -0.1) is 15.3 Å². The van der Waals surface area contributed by atoms with Gasteiger partial charge in [0.25, 0.3) is 5.91 Å². The van der Waals surface area contributed by atoms with Crippen molar-refractivity contribution in [1.29, 1.82) is 0 Å². The van der Waals surface area contributed by atoms with Crippen LogP contribution in [0.15, 0.2) is 22.6 Å². The number of carbonyl (C=O) groups is 2. The van der Waals surface area contributed by atoms with Gasteiger partial charge in [-0.25, -0.2) is 4.98 Å². The molecule has 10 nitrogen and oxygen atoms in total. The molecule has 10 heteroatoms. The summed E-state index contributed by atoms with van der Waals surface area (Å²) in [7, 11) is 0. The Balaban J connectivity index is 1.27. The maximum Gasteiger partial charge on any atom is 0.291 e. The van der Waals surface area contributed by atoms with Gasteiger partial charge in [0.1, 0.15) is 24.2 Å². The molecule has 3 aromatic rings. The number of aryl methyl sites for hydroxylation is 1. The van der Waals surface area contributed by atoms with Crippen LogP contribution in [0, 0.1) is 12.8 Å². The molecule has 0 saturated heterocycles. The molecule has 1 unspecified atom stereocenters. The van der Waals surface area contributed by atoms with Crippen molar-refractivity contribution in [3.8, 4) is 17.2 Å². The van der Waals surface area contributed by atoms with E-state index in [0.717, 1.165) is 6.42 Å². The standard InChI is InChI=1S/C24H28N6O4/c1-13-17-11-16(24-30-27-14(2)34-24)8-9-19(17)33-12-18(21(13)31)25-23(32)22-26-20(28-29-22)10-15-6-4-3-5-7-15/h8-9,11,13,15,18H,3-7,10,12H2,1-2H3,(H,25,32)(H,26,28,29)/t13?,18-/m0/s1. The number of carbonyl (C=O) groups excluding carboxylic acids is 2. The SMILES string of the molecule is Cc1nnc(-c2ccc3c(c2)C(C)C(=O)[C@@H](NC(=O)c2n[nH]c(CC4CCCCC4)n2)CO3)o1. The van der Waals surface area contributed by atoms with Gasteiger partial charge in [0.15, 0.2) is 5.78 Å². The number of rotatable bonds is 5. The number of benzene rings is 1. The van der Waals surface area contributed by atoms with Crippen molar-refractivity contribution in [3.63, 3.8) is 0 Å². The van der Waals surface area contributed by atoms with E-state index in [0.29, 0.717) is 40.4 Å². The van der Waals surface area contributed by atoms with Crippen LogP contribution in [-0.2, 0) is 11.2 Å². The Hall–Kier alpha value is -3.56. The summed E-state index contributed by atoms with van der Waals surface area (Å²) in [4.78, 5) is 30.4. The molecule has 178 valence electrons. The fourth-order valence-corrected chi connectivity index (χ4v) is 4.76. The maximum atomic E-state index is 13.2. The number of Topliss-reactive ketones (excluding diaryl/α,β-unsaturated/α-hetero) is 1. The summed E-state index contributed by atoms with van der Waals surface area (Å²) in [6.07, 6.45) is 6.93. The van der Waals surface area contributed by atoms with Crippen molar-refractivity contribution in [1.82, 2.24) is 30.7 Å². The maximum absolute atomic E-state index is 13.2. The van der Waals surface area contributed by atoms with Crippen LogP contribution in [0.25, 0.3) is 11.5 Å². The first-order valence-corrected chi connectivity index (χ1v) is 11.8. The molecule has 5 rings (SSSR count). The quantitative estimate of drug-likeness (QED) is 0.588. The summed E-state index contributed by atoms with van der Waals surface area (Å²) in [6, 6.07) is 4.60. The van der Waals surface area contributed by atoms with Gasteiger partial charge in [0, 0.05) is 30.4 Å². The van der Waals surface area contributed by atoms with Gasteiger partial charge in [-0.3, -0.25) is 14.7 Å². The molecular weight excluding hydrogens is 436 g/mol. The fraction of sp³-hybridized carbons (Fsp3) is 0.500. The van der Waals surface area contributed by atoms with Gasteiger partial charge >= 0.3 is 0 Å². The fourth-order valence-electron chi connectivity index (χ4n) is 4.76. The third-order valence-electron chi connectivity index (χ3n) is 6.67. The molecule has 1 saturated carbocycles. The minimum absolute atomic E-state index is 0.0281. The predicted molar refractivity (Wildman–Crippen MR) is 121 cm³/mol. The molecule has 1 fully saturated rings. The van der Waals surface area contributed by atoms with E-state index in [1.54, 1.807) is 19.9 Å². The molecule has 1 amide bonds. The second-order valence-electron chi connectivity index (χ2n) is 9.15. The van der Waals surface area contributed by atoms with Crippen molar-refractivity contribution in [2.45, 2.75) is 64.3 Å². The Kier molecular flexibility index (Phi) is 6.12. The van der Waals surface area contributed by atoms with Crippen molar-refractivity contribution >= 4 is 11.7 Å². The van der Waals surface area contributed by atoms with Gasteiger partial charge < -0.3 is 14.5 Å². The van der Waals surface area contributed by atoms with Gasteiger partial charge in [-0.1, -0.05) is 39.0 Å². The second kappa shape index (κ2) is 9.36. The average Bonchev–Trinajstić information content (AvgIpc) is 3.48. The van der Waals surface area contributed by atoms with E-state index < -0.39 is 17.9 Å². The highest BCUT2D eigenvalue weighted by Crippen LogP contribution is 2.34. The smallest absolute Gasteiger partial charge is 0.291 e. The van der Waals surface area contributed by atoms with Gasteiger partial charge in [0.2, 0.25) is 17.6 Å². The lowest BCUT2D eigenvalue weighted by atomic mass is 9.87. The molecule has 2 N–H and O–H groups in total. The second-order valence-corrected chi connectivity index (χ2v) is 9.15. The largest absolute Gasteiger partial charge is 0.491 e. The molecule has 34 heavy (non-hydrogen) atoms. The summed E-state index contributed by atoms with van der Waals surface area (Å²) in [5, 5.41) is 17.6. The Labute approximate surface area is 196 Å². The summed E-state index contributed by atoms with van der Waals surface area (Å²) >= 11 is 0. The van der Waals surface area contributed by atoms with E-state index in [2.05, 4.69) is 30.7 Å². The van der Waals surface area contributed by atoms with Crippen LogP contribution in [0.3, 0.4) is 0 Å². The lowest BCUT2D eigenvalue weighted by Crippen LogP contribution is -2.45. The zero-order valence-electron chi connectivity index (χ0n) is 19.3. The molecule has 0 radical (unpaired) electrons. The zero-order valence-corrected chi connectivity index (χ0v) is 19.3. The third kappa shape index (κ3) is 4.57. The van der Waals surface area contributed by atoms with Gasteiger partial charge in [-0.05, 0) is 24.1 Å². The number of hydrogen-bond donors (Lipinski definition) is 2. The third-order valence-corrected chi connectivity index (χ3v) is 6.67. The number of nitrogens with zero attached hydrogens (tertiary/aromatic N) is 4. The number of ketones is 1. The molecule has 1 aliphatic heterocycles. The lowest BCUT2D eigenvalue weighted by molar-refractivity contribution is -0.122. The van der Waals surface area contributed by atoms with Crippen LogP contribution in [0.5, 0.6) is 5.75 Å². The summed E-state index contributed by atoms with van der Waals surface area (Å²) < 4.78 is 11.4. The number of nitrogens with one attached hydrogen (secondary N) is 2. The molecule has 2 aromatic heterocycles. The van der Waals surface area contributed by atoms with E-state index in [1.807, 2.05) is 12.1 Å². The Morgan fingerprint density at radius 1 is 1.21 bits per heavy atom. The molecule has 1 aromatic carbocycles. The monoisotopic (exact) mass is 464 g/mol. The number of amides is 1. The highest BCUT2D eigenvalue weighted by molar-refractivity contribution is 5.98. The minimum Gasteiger partial charge on any atom is -0.491 e. The first-order chi connectivity index (χ1) is 16.5. The molecule has 0 bridgehead atoms. The summed E-state index contributed by atoms with van der Waals surface area (Å²) in [5.41, 5.74) is 1.42. The van der Waals surface area contributed by atoms with Crippen LogP contribution in [0.1, 0.15) is 72.8 Å². The van der Waals surface area contributed by atoms with Crippen molar-refractivity contribution < 1.29 is 18.7 Å². The Bertz CT molecular complexity index is 1200. The average molecular weight is 465 g/mol. The highest BCUT2D eigenvalue weighted by Gasteiger charge is 2.33. The van der Waals surface area contributed by atoms with Gasteiger partial charge in [0.05, 0.1) is 0 Å². The number of fused-ring (bicyclic) bond motifs is 1. The van der Waals surface area contributed by atoms with E-state index in [9.17, 15) is 9.59 Å². The minimum atomic E-state index is -0.815. The highest BCUT2D eigenvalue weighted by atomic mass is 16.5. The number of H-pyrrole nitrogens is 1. The van der Waals surface area contributed by atoms with Crippen LogP contribution in [-0.4, -0.2) is 49.7 Å². The topological polar surface area (TPSA) is 136 Å². The van der Waals surface area contributed by atoms with Crippen molar-refractivity contribution in [3.05, 3.63) is 41.3 Å². The van der Waals surface area contributed by atoms with Crippen LogP contribution >= 0.6 is 0 Å². The zero-order chi connectivity index (χ0) is 23.7. The van der Waals surface area contributed by atoms with Crippen LogP contribution in [0.4, 0.5) is 0 Å². The molecule has 1 aliphatic carbocycles. The summed E-state index contributed by atoms with van der Waals surface area (Å²) in [5.74, 6) is 1.62. The molecule has 0 spiro atoms. The number of hydrogen-bond acceptors (Lipinski definition) is 8. The number of ether oxygens (including phenoxy) is 1. The van der Waals surface area contributed by atoms with Crippen LogP contribution < -0.4 is 10.1 Å². The van der Waals surface area contributed by atoms with Crippen molar-refractivity contribution in [2.75, 3.05) is 6.61 Å². The normalized spacial score (nSPS) is 20.9.